The highest BCUT2D eigenvalue weighted by Gasteiger charge is 2.74. The van der Waals surface area contributed by atoms with Gasteiger partial charge in [0.15, 0.2) is 0 Å². The lowest BCUT2D eigenvalue weighted by atomic mass is 9.98. The van der Waals surface area contributed by atoms with Gasteiger partial charge in [0, 0.05) is 17.7 Å². The molecule has 0 saturated heterocycles. The molecular weight excluding hydrogens is 311 g/mol. The molecule has 22 heavy (non-hydrogen) atoms. The highest BCUT2D eigenvalue weighted by molar-refractivity contribution is 5.97. The summed E-state index contributed by atoms with van der Waals surface area (Å²) >= 11 is 0. The van der Waals surface area contributed by atoms with Gasteiger partial charge in [-0.2, -0.15) is 32.1 Å². The van der Waals surface area contributed by atoms with Crippen molar-refractivity contribution in [3.8, 4) is 0 Å². The maximum absolute atomic E-state index is 13.7. The van der Waals surface area contributed by atoms with Crippen LogP contribution < -0.4 is 0 Å². The van der Waals surface area contributed by atoms with E-state index in [1.165, 1.54) is 30.3 Å². The van der Waals surface area contributed by atoms with Gasteiger partial charge >= 0.3 is 12.1 Å². The molecule has 1 aromatic carbocycles. The topological polar surface area (TPSA) is 52.9 Å². The van der Waals surface area contributed by atoms with Crippen molar-refractivity contribution in [2.45, 2.75) is 31.2 Å². The van der Waals surface area contributed by atoms with Crippen molar-refractivity contribution in [3.63, 3.8) is 0 Å². The van der Waals surface area contributed by atoms with E-state index in [1.54, 1.807) is 0 Å². The minimum Gasteiger partial charge on any atom is -0.364 e. The van der Waals surface area contributed by atoms with E-state index < -0.39 is 30.2 Å². The van der Waals surface area contributed by atoms with Gasteiger partial charge in [-0.1, -0.05) is 18.2 Å². The number of amides is 1. The number of carbonyl (C=O) groups is 1. The second-order valence-electron chi connectivity index (χ2n) is 4.88. The number of hydrogen-bond donors (Lipinski definition) is 1. The van der Waals surface area contributed by atoms with Crippen molar-refractivity contribution >= 4 is 11.6 Å². The summed E-state index contributed by atoms with van der Waals surface area (Å²) in [7, 11) is 0. The molecular formula is C13H11F5N2O2. The molecule has 0 saturated carbocycles. The maximum Gasteiger partial charge on any atom is 0.458 e. The van der Waals surface area contributed by atoms with Crippen LogP contribution in [0.3, 0.4) is 0 Å². The average molecular weight is 322 g/mol. The van der Waals surface area contributed by atoms with Crippen LogP contribution in [0.25, 0.3) is 0 Å². The van der Waals surface area contributed by atoms with Crippen LogP contribution in [0.15, 0.2) is 35.4 Å². The zero-order valence-electron chi connectivity index (χ0n) is 11.2. The van der Waals surface area contributed by atoms with Crippen LogP contribution in [-0.2, 0) is 0 Å². The highest BCUT2D eigenvalue weighted by atomic mass is 19.4. The minimum absolute atomic E-state index is 0.169. The SMILES string of the molecule is CC1=NN(C(=O)c2ccccc2)[C@](O)(C(F)(F)C(F)(F)F)C1. The molecule has 1 atom stereocenters. The van der Waals surface area contributed by atoms with Gasteiger partial charge < -0.3 is 5.11 Å². The minimum atomic E-state index is -6.03. The van der Waals surface area contributed by atoms with Crippen molar-refractivity contribution in [1.29, 1.82) is 0 Å². The van der Waals surface area contributed by atoms with Crippen LogP contribution >= 0.6 is 0 Å². The smallest absolute Gasteiger partial charge is 0.364 e. The molecule has 1 N–H and O–H groups in total. The standard InChI is InChI=1S/C13H11F5N2O2/c1-8-7-11(22,12(14,15)13(16,17)18)20(19-8)10(21)9-5-3-2-4-6-9/h2-6,22H,7H2,1H3/t11-/m1/s1. The Kier molecular flexibility index (Phi) is 3.72. The molecule has 1 amide bonds. The molecule has 2 rings (SSSR count). The van der Waals surface area contributed by atoms with Crippen molar-refractivity contribution in [2.24, 2.45) is 5.10 Å². The van der Waals surface area contributed by atoms with E-state index in [0.717, 1.165) is 6.92 Å². The quantitative estimate of drug-likeness (QED) is 0.851. The monoisotopic (exact) mass is 322 g/mol. The molecule has 9 heteroatoms. The third-order valence-electron chi connectivity index (χ3n) is 3.20. The van der Waals surface area contributed by atoms with Crippen LogP contribution in [0.2, 0.25) is 0 Å². The largest absolute Gasteiger partial charge is 0.458 e. The molecule has 4 nitrogen and oxygen atoms in total. The molecule has 0 bridgehead atoms. The van der Waals surface area contributed by atoms with E-state index in [1.807, 2.05) is 0 Å². The Morgan fingerprint density at radius 1 is 1.23 bits per heavy atom. The number of aliphatic hydroxyl groups is 1. The predicted octanol–water partition coefficient (Wildman–Crippen LogP) is 2.79. The van der Waals surface area contributed by atoms with Crippen LogP contribution in [-0.4, -0.2) is 39.6 Å². The van der Waals surface area contributed by atoms with Crippen LogP contribution in [0, 0.1) is 0 Å². The second-order valence-corrected chi connectivity index (χ2v) is 4.88. The molecule has 120 valence electrons. The highest BCUT2D eigenvalue weighted by Crippen LogP contribution is 2.49. The number of hydrogen-bond acceptors (Lipinski definition) is 3. The Balaban J connectivity index is 2.47. The molecule has 1 aliphatic heterocycles. The molecule has 0 radical (unpaired) electrons. The van der Waals surface area contributed by atoms with E-state index in [4.69, 9.17) is 0 Å². The fourth-order valence-electron chi connectivity index (χ4n) is 2.11. The summed E-state index contributed by atoms with van der Waals surface area (Å²) in [6.45, 7) is 1.15. The van der Waals surface area contributed by atoms with Gasteiger partial charge in [0.2, 0.25) is 5.72 Å². The first kappa shape index (κ1) is 16.3. The molecule has 0 aliphatic carbocycles. The lowest BCUT2D eigenvalue weighted by Crippen LogP contribution is -2.64. The number of halogens is 5. The average Bonchev–Trinajstić information content (AvgIpc) is 2.74. The lowest BCUT2D eigenvalue weighted by molar-refractivity contribution is -0.362. The molecule has 1 heterocycles. The fourth-order valence-corrected chi connectivity index (χ4v) is 2.11. The number of carbonyl (C=O) groups excluding carboxylic acids is 1. The van der Waals surface area contributed by atoms with E-state index in [2.05, 4.69) is 5.10 Å². The summed E-state index contributed by atoms with van der Waals surface area (Å²) in [5.41, 5.74) is -4.17. The van der Waals surface area contributed by atoms with Crippen molar-refractivity contribution in [2.75, 3.05) is 0 Å². The van der Waals surface area contributed by atoms with Crippen molar-refractivity contribution in [1.82, 2.24) is 5.01 Å². The number of alkyl halides is 5. The van der Waals surface area contributed by atoms with Crippen LogP contribution in [0.4, 0.5) is 22.0 Å². The van der Waals surface area contributed by atoms with Crippen LogP contribution in [0.1, 0.15) is 23.7 Å². The van der Waals surface area contributed by atoms with Gasteiger partial charge in [-0.05, 0) is 19.1 Å². The summed E-state index contributed by atoms with van der Waals surface area (Å²) < 4.78 is 65.1. The molecule has 0 aromatic heterocycles. The second kappa shape index (κ2) is 5.01. The van der Waals surface area contributed by atoms with E-state index in [-0.39, 0.29) is 16.3 Å². The van der Waals surface area contributed by atoms with Crippen molar-refractivity contribution < 1.29 is 31.9 Å². The van der Waals surface area contributed by atoms with Crippen LogP contribution in [0.5, 0.6) is 0 Å². The number of rotatable bonds is 2. The molecule has 0 unspecified atom stereocenters. The molecule has 0 fully saturated rings. The molecule has 1 aromatic rings. The summed E-state index contributed by atoms with van der Waals surface area (Å²) in [4.78, 5) is 12.1. The lowest BCUT2D eigenvalue weighted by Gasteiger charge is -2.38. The first-order valence-corrected chi connectivity index (χ1v) is 6.11. The first-order chi connectivity index (χ1) is 10.0. The van der Waals surface area contributed by atoms with Gasteiger partial charge in [-0.15, -0.1) is 0 Å². The summed E-state index contributed by atoms with van der Waals surface area (Å²) in [5.74, 6) is -6.78. The first-order valence-electron chi connectivity index (χ1n) is 6.11. The Hall–Kier alpha value is -2.03. The van der Waals surface area contributed by atoms with Gasteiger partial charge in [0.25, 0.3) is 5.91 Å². The molecule has 1 aliphatic rings. The maximum atomic E-state index is 13.7. The zero-order chi connectivity index (χ0) is 16.8. The Morgan fingerprint density at radius 3 is 2.27 bits per heavy atom. The van der Waals surface area contributed by atoms with Gasteiger partial charge in [-0.3, -0.25) is 4.79 Å². The Bertz CT molecular complexity index is 615. The number of benzene rings is 1. The van der Waals surface area contributed by atoms with Crippen molar-refractivity contribution in [3.05, 3.63) is 35.9 Å². The Morgan fingerprint density at radius 2 is 1.77 bits per heavy atom. The molecule has 0 spiro atoms. The van der Waals surface area contributed by atoms with Gasteiger partial charge in [0.1, 0.15) is 0 Å². The third kappa shape index (κ3) is 2.35. The third-order valence-corrected chi connectivity index (χ3v) is 3.20. The van der Waals surface area contributed by atoms with E-state index in [0.29, 0.717) is 0 Å². The van der Waals surface area contributed by atoms with Gasteiger partial charge in [0.05, 0.1) is 0 Å². The summed E-state index contributed by atoms with van der Waals surface area (Å²) in [6, 6.07) is 6.78. The number of hydrazone groups is 1. The Labute approximate surface area is 121 Å². The zero-order valence-corrected chi connectivity index (χ0v) is 11.2. The van der Waals surface area contributed by atoms with E-state index >= 15 is 0 Å². The predicted molar refractivity (Wildman–Crippen MR) is 66.3 cm³/mol. The normalized spacial score (nSPS) is 22.7. The fraction of sp³-hybridized carbons (Fsp3) is 0.385. The van der Waals surface area contributed by atoms with Gasteiger partial charge in [-0.25, -0.2) is 0 Å². The van der Waals surface area contributed by atoms with E-state index in [9.17, 15) is 31.9 Å². The summed E-state index contributed by atoms with van der Waals surface area (Å²) in [6.07, 6.45) is -7.13. The summed E-state index contributed by atoms with van der Waals surface area (Å²) in [5, 5.41) is 13.1. The number of nitrogens with zero attached hydrogens (tertiary/aromatic N) is 2.